The van der Waals surface area contributed by atoms with E-state index >= 15 is 0 Å². The Balaban J connectivity index is 1.54. The fraction of sp³-hybridized carbons (Fsp3) is 0.150. The van der Waals surface area contributed by atoms with Crippen molar-refractivity contribution in [3.8, 4) is 5.75 Å². The van der Waals surface area contributed by atoms with Gasteiger partial charge in [-0.2, -0.15) is 0 Å². The van der Waals surface area contributed by atoms with Crippen LogP contribution in [0.3, 0.4) is 0 Å². The van der Waals surface area contributed by atoms with Gasteiger partial charge in [0.05, 0.1) is 31.3 Å². The van der Waals surface area contributed by atoms with E-state index in [1.165, 1.54) is 6.92 Å². The predicted molar refractivity (Wildman–Crippen MR) is 122 cm³/mol. The van der Waals surface area contributed by atoms with Gasteiger partial charge in [-0.05, 0) is 36.6 Å². The average molecular weight is 490 g/mol. The molecule has 148 valence electrons. The van der Waals surface area contributed by atoms with E-state index in [-0.39, 0.29) is 18.4 Å². The topological polar surface area (TPSA) is 80.3 Å². The lowest BCUT2D eigenvalue weighted by Gasteiger charge is -2.13. The lowest BCUT2D eigenvalue weighted by Crippen LogP contribution is -2.21. The summed E-state index contributed by atoms with van der Waals surface area (Å²) in [5.41, 5.74) is 2.00. The van der Waals surface area contributed by atoms with Gasteiger partial charge in [-0.25, -0.2) is 4.98 Å². The zero-order valence-corrected chi connectivity index (χ0v) is 18.8. The van der Waals surface area contributed by atoms with Crippen molar-refractivity contribution in [3.05, 3.63) is 45.2 Å². The second-order valence-corrected chi connectivity index (χ2v) is 9.39. The van der Waals surface area contributed by atoms with E-state index in [0.29, 0.717) is 17.1 Å². The summed E-state index contributed by atoms with van der Waals surface area (Å²) in [5.74, 6) is 0.120. The predicted octanol–water partition coefficient (Wildman–Crippen LogP) is 5.56. The van der Waals surface area contributed by atoms with Gasteiger partial charge < -0.3 is 15.4 Å². The number of thiophene rings is 1. The number of fused-ring (bicyclic) bond motifs is 3. The van der Waals surface area contributed by atoms with E-state index in [0.717, 1.165) is 29.8 Å². The molecule has 0 unspecified atom stereocenters. The van der Waals surface area contributed by atoms with Crippen molar-refractivity contribution in [2.24, 2.45) is 0 Å². The minimum atomic E-state index is -0.321. The van der Waals surface area contributed by atoms with E-state index in [1.807, 2.05) is 24.4 Å². The number of aryl methyl sites for hydroxylation is 1. The maximum absolute atomic E-state index is 12.5. The minimum absolute atomic E-state index is 0.153. The Morgan fingerprint density at radius 1 is 1.17 bits per heavy atom. The Morgan fingerprint density at radius 3 is 2.79 bits per heavy atom. The molecule has 2 heterocycles. The molecule has 4 aromatic rings. The first kappa shape index (κ1) is 19.8. The lowest BCUT2D eigenvalue weighted by molar-refractivity contribution is -0.118. The molecule has 6 nitrogen and oxygen atoms in total. The standard InChI is InChI=1S/C20H16BrN3O3S2/c1-10(25)22-14-4-3-12(21)7-15(14)24-18(26)9-27-16-8-17-19(23-11(2)29-17)20-13(16)5-6-28-20/h3-8H,9H2,1-2H3,(H,22,25)(H,24,26). The molecule has 4 rings (SSSR count). The van der Waals surface area contributed by atoms with E-state index in [4.69, 9.17) is 4.74 Å². The summed E-state index contributed by atoms with van der Waals surface area (Å²) in [6.45, 7) is 3.24. The molecule has 29 heavy (non-hydrogen) atoms. The zero-order valence-electron chi connectivity index (χ0n) is 15.5. The van der Waals surface area contributed by atoms with Crippen LogP contribution in [0.1, 0.15) is 11.9 Å². The molecule has 0 bridgehead atoms. The Hall–Kier alpha value is -2.49. The van der Waals surface area contributed by atoms with Gasteiger partial charge in [0.15, 0.2) is 6.61 Å². The van der Waals surface area contributed by atoms with Crippen LogP contribution in [0, 0.1) is 6.92 Å². The molecule has 0 saturated carbocycles. The number of carbonyl (C=O) groups excluding carboxylic acids is 2. The number of anilines is 2. The van der Waals surface area contributed by atoms with Crippen LogP contribution >= 0.6 is 38.6 Å². The third-order valence-electron chi connectivity index (χ3n) is 4.09. The number of hydrogen-bond acceptors (Lipinski definition) is 6. The molecular formula is C20H16BrN3O3S2. The summed E-state index contributed by atoms with van der Waals surface area (Å²) in [4.78, 5) is 28.5. The molecular weight excluding hydrogens is 474 g/mol. The zero-order chi connectivity index (χ0) is 20.5. The van der Waals surface area contributed by atoms with Gasteiger partial charge in [0.2, 0.25) is 5.91 Å². The SMILES string of the molecule is CC(=O)Nc1ccc(Br)cc1NC(=O)COc1cc2sc(C)nc2c2sccc12. The van der Waals surface area contributed by atoms with Crippen LogP contribution in [0.2, 0.25) is 0 Å². The molecule has 0 aliphatic carbocycles. The maximum atomic E-state index is 12.5. The quantitative estimate of drug-likeness (QED) is 0.384. The largest absolute Gasteiger partial charge is 0.483 e. The number of thiazole rings is 1. The first-order valence-electron chi connectivity index (χ1n) is 8.68. The van der Waals surface area contributed by atoms with Crippen molar-refractivity contribution in [1.29, 1.82) is 0 Å². The number of ether oxygens (including phenoxy) is 1. The Bertz CT molecular complexity index is 1250. The number of carbonyl (C=O) groups is 2. The molecule has 0 radical (unpaired) electrons. The Kier molecular flexibility index (Phi) is 5.53. The fourth-order valence-electron chi connectivity index (χ4n) is 2.95. The van der Waals surface area contributed by atoms with Crippen LogP contribution in [0.5, 0.6) is 5.75 Å². The van der Waals surface area contributed by atoms with Gasteiger partial charge in [-0.3, -0.25) is 9.59 Å². The highest BCUT2D eigenvalue weighted by atomic mass is 79.9. The van der Waals surface area contributed by atoms with Crippen LogP contribution in [-0.4, -0.2) is 23.4 Å². The van der Waals surface area contributed by atoms with Gasteiger partial charge in [0.1, 0.15) is 5.75 Å². The van der Waals surface area contributed by atoms with Crippen molar-refractivity contribution in [2.75, 3.05) is 17.2 Å². The van der Waals surface area contributed by atoms with Gasteiger partial charge in [0, 0.05) is 22.8 Å². The van der Waals surface area contributed by atoms with Gasteiger partial charge in [0.25, 0.3) is 5.91 Å². The molecule has 0 spiro atoms. The Labute approximate surface area is 183 Å². The molecule has 0 aliphatic rings. The average Bonchev–Trinajstić information content (AvgIpc) is 3.27. The lowest BCUT2D eigenvalue weighted by atomic mass is 10.2. The maximum Gasteiger partial charge on any atom is 0.262 e. The third kappa shape index (κ3) is 4.26. The van der Waals surface area contributed by atoms with Crippen molar-refractivity contribution in [1.82, 2.24) is 4.98 Å². The summed E-state index contributed by atoms with van der Waals surface area (Å²) in [6, 6.07) is 9.15. The molecule has 0 atom stereocenters. The van der Waals surface area contributed by atoms with Crippen LogP contribution in [0.25, 0.3) is 20.3 Å². The summed E-state index contributed by atoms with van der Waals surface area (Å²) < 4.78 is 8.73. The highest BCUT2D eigenvalue weighted by Crippen LogP contribution is 2.38. The molecule has 2 N–H and O–H groups in total. The third-order valence-corrected chi connectivity index (χ3v) is 6.43. The first-order chi connectivity index (χ1) is 13.9. The van der Waals surface area contributed by atoms with Gasteiger partial charge in [-0.15, -0.1) is 22.7 Å². The minimum Gasteiger partial charge on any atom is -0.483 e. The summed E-state index contributed by atoms with van der Waals surface area (Å²) in [6.07, 6.45) is 0. The molecule has 9 heteroatoms. The number of aromatic nitrogens is 1. The molecule has 2 aromatic heterocycles. The van der Waals surface area contributed by atoms with E-state index < -0.39 is 0 Å². The molecule has 2 amide bonds. The molecule has 0 fully saturated rings. The summed E-state index contributed by atoms with van der Waals surface area (Å²) in [5, 5.41) is 9.43. The molecule has 0 aliphatic heterocycles. The van der Waals surface area contributed by atoms with Crippen LogP contribution in [0.15, 0.2) is 40.2 Å². The number of amides is 2. The van der Waals surface area contributed by atoms with Gasteiger partial charge in [-0.1, -0.05) is 15.9 Å². The van der Waals surface area contributed by atoms with Crippen LogP contribution in [0.4, 0.5) is 11.4 Å². The first-order valence-corrected chi connectivity index (χ1v) is 11.2. The van der Waals surface area contributed by atoms with Crippen LogP contribution < -0.4 is 15.4 Å². The number of nitrogens with zero attached hydrogens (tertiary/aromatic N) is 1. The second-order valence-electron chi connectivity index (χ2n) is 6.33. The smallest absolute Gasteiger partial charge is 0.262 e. The van der Waals surface area contributed by atoms with E-state index in [2.05, 4.69) is 31.5 Å². The fourth-order valence-corrected chi connectivity index (χ4v) is 5.15. The summed E-state index contributed by atoms with van der Waals surface area (Å²) >= 11 is 6.59. The number of hydrogen-bond donors (Lipinski definition) is 2. The van der Waals surface area contributed by atoms with Crippen molar-refractivity contribution in [3.63, 3.8) is 0 Å². The number of halogens is 1. The van der Waals surface area contributed by atoms with E-state index in [9.17, 15) is 9.59 Å². The number of benzene rings is 2. The van der Waals surface area contributed by atoms with Crippen molar-refractivity contribution < 1.29 is 14.3 Å². The normalized spacial score (nSPS) is 11.0. The monoisotopic (exact) mass is 489 g/mol. The number of nitrogens with one attached hydrogen (secondary N) is 2. The summed E-state index contributed by atoms with van der Waals surface area (Å²) in [7, 11) is 0. The van der Waals surface area contributed by atoms with Crippen molar-refractivity contribution >= 4 is 82.1 Å². The van der Waals surface area contributed by atoms with E-state index in [1.54, 1.807) is 40.9 Å². The highest BCUT2D eigenvalue weighted by molar-refractivity contribution is 9.10. The second kappa shape index (κ2) is 8.10. The van der Waals surface area contributed by atoms with Crippen LogP contribution in [-0.2, 0) is 9.59 Å². The van der Waals surface area contributed by atoms with Crippen molar-refractivity contribution in [2.45, 2.75) is 13.8 Å². The molecule has 2 aromatic carbocycles. The molecule has 0 saturated heterocycles. The Morgan fingerprint density at radius 2 is 2.00 bits per heavy atom. The van der Waals surface area contributed by atoms with Gasteiger partial charge >= 0.3 is 0 Å². The number of rotatable bonds is 5. The highest BCUT2D eigenvalue weighted by Gasteiger charge is 2.14.